The van der Waals surface area contributed by atoms with Crippen LogP contribution in [-0.4, -0.2) is 39.1 Å². The second-order valence-corrected chi connectivity index (χ2v) is 10.9. The predicted octanol–water partition coefficient (Wildman–Crippen LogP) is 5.80. The van der Waals surface area contributed by atoms with Crippen LogP contribution in [0.15, 0.2) is 60.9 Å². The minimum absolute atomic E-state index is 0.0108. The second-order valence-electron chi connectivity index (χ2n) is 10.9. The molecule has 2 amide bonds. The van der Waals surface area contributed by atoms with E-state index in [-0.39, 0.29) is 23.8 Å². The fourth-order valence-electron chi connectivity index (χ4n) is 6.91. The van der Waals surface area contributed by atoms with E-state index >= 15 is 0 Å². The van der Waals surface area contributed by atoms with E-state index in [1.54, 1.807) is 10.9 Å². The Kier molecular flexibility index (Phi) is 6.81. The summed E-state index contributed by atoms with van der Waals surface area (Å²) in [6.45, 7) is 0.691. The van der Waals surface area contributed by atoms with Crippen molar-refractivity contribution in [1.82, 2.24) is 14.7 Å². The fraction of sp³-hybridized carbons (Fsp3) is 0.452. The molecule has 2 aromatic carbocycles. The van der Waals surface area contributed by atoms with E-state index in [1.807, 2.05) is 47.5 Å². The highest BCUT2D eigenvalue weighted by atomic mass is 16.2. The Labute approximate surface area is 219 Å². The summed E-state index contributed by atoms with van der Waals surface area (Å²) in [6.07, 6.45) is 14.4. The number of nitrogens with one attached hydrogen (secondary N) is 1. The number of carbonyl (C=O) groups is 2. The zero-order valence-electron chi connectivity index (χ0n) is 21.4. The average molecular weight is 497 g/mol. The number of aryl methyl sites for hydroxylation is 2. The van der Waals surface area contributed by atoms with Crippen molar-refractivity contribution in [3.05, 3.63) is 77.6 Å². The van der Waals surface area contributed by atoms with Gasteiger partial charge in [-0.2, -0.15) is 5.10 Å². The summed E-state index contributed by atoms with van der Waals surface area (Å²) in [4.78, 5) is 30.0. The summed E-state index contributed by atoms with van der Waals surface area (Å²) in [7, 11) is 0. The first-order chi connectivity index (χ1) is 18.2. The number of piperidine rings is 1. The molecule has 1 unspecified atom stereocenters. The summed E-state index contributed by atoms with van der Waals surface area (Å²) in [6, 6.07) is 15.8. The van der Waals surface area contributed by atoms with Gasteiger partial charge < -0.3 is 10.2 Å². The van der Waals surface area contributed by atoms with Crippen molar-refractivity contribution in [2.75, 3.05) is 11.9 Å². The fourth-order valence-corrected chi connectivity index (χ4v) is 6.91. The molecule has 2 aliphatic carbocycles. The van der Waals surface area contributed by atoms with Gasteiger partial charge >= 0.3 is 0 Å². The molecule has 0 radical (unpaired) electrons. The molecule has 1 aromatic heterocycles. The van der Waals surface area contributed by atoms with E-state index in [0.29, 0.717) is 18.0 Å². The van der Waals surface area contributed by atoms with Crippen LogP contribution in [0, 0.1) is 11.8 Å². The minimum atomic E-state index is -0.203. The van der Waals surface area contributed by atoms with Crippen molar-refractivity contribution in [2.45, 2.75) is 70.3 Å². The lowest BCUT2D eigenvalue weighted by Crippen LogP contribution is -2.55. The molecular formula is C31H36N4O2. The van der Waals surface area contributed by atoms with Crippen LogP contribution < -0.4 is 5.32 Å². The van der Waals surface area contributed by atoms with Gasteiger partial charge in [0.1, 0.15) is 0 Å². The molecule has 6 rings (SSSR count). The topological polar surface area (TPSA) is 67.2 Å². The molecule has 3 aromatic rings. The highest BCUT2D eigenvalue weighted by Gasteiger charge is 2.43. The average Bonchev–Trinajstić information content (AvgIpc) is 3.65. The van der Waals surface area contributed by atoms with Gasteiger partial charge in [-0.25, -0.2) is 4.68 Å². The number of anilines is 1. The van der Waals surface area contributed by atoms with Gasteiger partial charge in [0.25, 0.3) is 5.91 Å². The highest BCUT2D eigenvalue weighted by molar-refractivity contribution is 5.99. The van der Waals surface area contributed by atoms with Gasteiger partial charge in [0, 0.05) is 30.7 Å². The number of nitrogens with zero attached hydrogens (tertiary/aromatic N) is 3. The molecule has 1 saturated carbocycles. The SMILES string of the molecule is O=C(Nc1ccc2c(c1)CCC2)C1CCCN(C(=O)c2ccccc2-n2cccn2)[C@H]1C1CCCCC1. The number of fused-ring (bicyclic) bond motifs is 1. The number of para-hydroxylation sites is 1. The second kappa shape index (κ2) is 10.5. The van der Waals surface area contributed by atoms with Gasteiger partial charge in [-0.05, 0) is 92.3 Å². The third kappa shape index (κ3) is 4.81. The van der Waals surface area contributed by atoms with Crippen molar-refractivity contribution in [1.29, 1.82) is 0 Å². The van der Waals surface area contributed by atoms with Crippen LogP contribution in [-0.2, 0) is 17.6 Å². The predicted molar refractivity (Wildman–Crippen MR) is 145 cm³/mol. The summed E-state index contributed by atoms with van der Waals surface area (Å²) >= 11 is 0. The number of likely N-dealkylation sites (tertiary alicyclic amines) is 1. The third-order valence-corrected chi connectivity index (χ3v) is 8.67. The lowest BCUT2D eigenvalue weighted by molar-refractivity contribution is -0.124. The molecule has 0 bridgehead atoms. The quantitative estimate of drug-likeness (QED) is 0.485. The molecule has 3 aliphatic rings. The Hall–Kier alpha value is -3.41. The summed E-state index contributed by atoms with van der Waals surface area (Å²) in [5.74, 6) is 0.222. The molecule has 2 heterocycles. The molecule has 37 heavy (non-hydrogen) atoms. The standard InChI is InChI=1S/C31H36N4O2/c36-30(33-25-17-16-22-11-6-12-24(22)21-25)27-14-7-19-34(29(27)23-9-2-1-3-10-23)31(37)26-13-4-5-15-28(26)35-20-8-18-32-35/h4-5,8,13,15-18,20-21,23,27,29H,1-3,6-7,9-12,14,19H2,(H,33,36)/t27?,29-/m0/s1. The summed E-state index contributed by atoms with van der Waals surface area (Å²) in [5.41, 5.74) is 5.08. The smallest absolute Gasteiger partial charge is 0.256 e. The first-order valence-corrected chi connectivity index (χ1v) is 14.0. The van der Waals surface area contributed by atoms with Gasteiger partial charge in [0.2, 0.25) is 5.91 Å². The van der Waals surface area contributed by atoms with Crippen LogP contribution in [0.1, 0.15) is 72.9 Å². The Bertz CT molecular complexity index is 1260. The normalized spacial score (nSPS) is 22.0. The number of hydrogen-bond acceptors (Lipinski definition) is 3. The number of benzene rings is 2. The molecule has 192 valence electrons. The van der Waals surface area contributed by atoms with Crippen LogP contribution in [0.3, 0.4) is 0 Å². The maximum Gasteiger partial charge on any atom is 0.256 e. The van der Waals surface area contributed by atoms with E-state index in [0.717, 1.165) is 49.9 Å². The molecule has 1 saturated heterocycles. The molecule has 0 spiro atoms. The van der Waals surface area contributed by atoms with E-state index in [9.17, 15) is 9.59 Å². The van der Waals surface area contributed by atoms with Crippen molar-refractivity contribution < 1.29 is 9.59 Å². The molecule has 1 N–H and O–H groups in total. The van der Waals surface area contributed by atoms with Crippen LogP contribution in [0.4, 0.5) is 5.69 Å². The Balaban J connectivity index is 1.30. The van der Waals surface area contributed by atoms with Gasteiger partial charge in [-0.3, -0.25) is 9.59 Å². The molecule has 1 aliphatic heterocycles. The maximum atomic E-state index is 14.2. The van der Waals surface area contributed by atoms with E-state index in [2.05, 4.69) is 22.5 Å². The number of aromatic nitrogens is 2. The summed E-state index contributed by atoms with van der Waals surface area (Å²) in [5, 5.41) is 7.63. The molecule has 2 atom stereocenters. The van der Waals surface area contributed by atoms with Gasteiger partial charge in [0.15, 0.2) is 0 Å². The number of carbonyl (C=O) groups excluding carboxylic acids is 2. The molecular weight excluding hydrogens is 460 g/mol. The van der Waals surface area contributed by atoms with E-state index < -0.39 is 0 Å². The number of rotatable bonds is 5. The third-order valence-electron chi connectivity index (χ3n) is 8.67. The summed E-state index contributed by atoms with van der Waals surface area (Å²) < 4.78 is 1.75. The van der Waals surface area contributed by atoms with E-state index in [4.69, 9.17) is 0 Å². The van der Waals surface area contributed by atoms with Gasteiger partial charge in [0.05, 0.1) is 17.2 Å². The largest absolute Gasteiger partial charge is 0.335 e. The minimum Gasteiger partial charge on any atom is -0.335 e. The van der Waals surface area contributed by atoms with Crippen molar-refractivity contribution in [2.24, 2.45) is 11.8 Å². The Morgan fingerprint density at radius 1 is 0.865 bits per heavy atom. The zero-order chi connectivity index (χ0) is 25.2. The molecule has 6 nitrogen and oxygen atoms in total. The van der Waals surface area contributed by atoms with Gasteiger partial charge in [-0.15, -0.1) is 0 Å². The van der Waals surface area contributed by atoms with Crippen molar-refractivity contribution in [3.8, 4) is 5.69 Å². The first kappa shape index (κ1) is 24.0. The van der Waals surface area contributed by atoms with Crippen LogP contribution >= 0.6 is 0 Å². The number of hydrogen-bond donors (Lipinski definition) is 1. The Morgan fingerprint density at radius 2 is 1.70 bits per heavy atom. The lowest BCUT2D eigenvalue weighted by Gasteiger charge is -2.46. The molecule has 6 heteroatoms. The van der Waals surface area contributed by atoms with Crippen LogP contribution in [0.5, 0.6) is 0 Å². The van der Waals surface area contributed by atoms with E-state index in [1.165, 1.54) is 36.8 Å². The van der Waals surface area contributed by atoms with Gasteiger partial charge in [-0.1, -0.05) is 37.5 Å². The van der Waals surface area contributed by atoms with Crippen molar-refractivity contribution >= 4 is 17.5 Å². The monoisotopic (exact) mass is 496 g/mol. The Morgan fingerprint density at radius 3 is 2.54 bits per heavy atom. The van der Waals surface area contributed by atoms with Crippen LogP contribution in [0.25, 0.3) is 5.69 Å². The van der Waals surface area contributed by atoms with Crippen LogP contribution in [0.2, 0.25) is 0 Å². The van der Waals surface area contributed by atoms with Crippen molar-refractivity contribution in [3.63, 3.8) is 0 Å². The maximum absolute atomic E-state index is 14.2. The number of amides is 2. The zero-order valence-corrected chi connectivity index (χ0v) is 21.4. The first-order valence-electron chi connectivity index (χ1n) is 14.0. The lowest BCUT2D eigenvalue weighted by atomic mass is 9.74. The molecule has 2 fully saturated rings. The highest BCUT2D eigenvalue weighted by Crippen LogP contribution is 2.38.